The standard InChI is InChI=1S/C28H20ClN5OS/c29-22-10-8-21(9-11-22)25-14-15-33(32-25)23-12-6-19(7-13-23)16-31-34-18-30-27-26(28(34)35)24(17-36-27)20-4-2-1-3-5-20/h1-13,16-18H,14-15H2. The van der Waals surface area contributed by atoms with E-state index in [1.807, 2.05) is 89.3 Å². The molecule has 0 saturated carbocycles. The molecule has 0 atom stereocenters. The van der Waals surface area contributed by atoms with E-state index in [4.69, 9.17) is 16.7 Å². The Morgan fingerprint density at radius 3 is 2.50 bits per heavy atom. The zero-order valence-electron chi connectivity index (χ0n) is 19.1. The Morgan fingerprint density at radius 2 is 1.72 bits per heavy atom. The second kappa shape index (κ2) is 9.53. The first-order valence-electron chi connectivity index (χ1n) is 11.5. The molecule has 176 valence electrons. The van der Waals surface area contributed by atoms with Crippen LogP contribution in [-0.2, 0) is 0 Å². The van der Waals surface area contributed by atoms with Crippen molar-refractivity contribution in [3.8, 4) is 11.1 Å². The fourth-order valence-corrected chi connectivity index (χ4v) is 5.22. The molecule has 3 heterocycles. The SMILES string of the molecule is O=c1c2c(-c3ccccc3)csc2ncn1N=Cc1ccc(N2CCC(c3ccc(Cl)cc3)=N2)cc1. The molecule has 8 heteroatoms. The number of halogens is 1. The van der Waals surface area contributed by atoms with E-state index >= 15 is 0 Å². The normalized spacial score (nSPS) is 13.6. The van der Waals surface area contributed by atoms with E-state index in [0.717, 1.165) is 51.6 Å². The van der Waals surface area contributed by atoms with Crippen LogP contribution in [0.5, 0.6) is 0 Å². The summed E-state index contributed by atoms with van der Waals surface area (Å²) in [6, 6.07) is 25.6. The molecule has 0 spiro atoms. The Bertz CT molecular complexity index is 1660. The summed E-state index contributed by atoms with van der Waals surface area (Å²) in [5, 5.41) is 14.4. The van der Waals surface area contributed by atoms with Crippen molar-refractivity contribution < 1.29 is 0 Å². The van der Waals surface area contributed by atoms with Crippen molar-refractivity contribution in [1.29, 1.82) is 0 Å². The molecule has 0 unspecified atom stereocenters. The van der Waals surface area contributed by atoms with E-state index < -0.39 is 0 Å². The smallest absolute Gasteiger partial charge is 0.267 e. The van der Waals surface area contributed by atoms with Gasteiger partial charge in [-0.05, 0) is 41.0 Å². The first-order valence-corrected chi connectivity index (χ1v) is 12.7. The molecule has 6 rings (SSSR count). The van der Waals surface area contributed by atoms with Crippen LogP contribution in [0, 0.1) is 0 Å². The molecule has 0 aliphatic carbocycles. The molecular weight excluding hydrogens is 490 g/mol. The Labute approximate surface area is 216 Å². The van der Waals surface area contributed by atoms with Gasteiger partial charge >= 0.3 is 0 Å². The van der Waals surface area contributed by atoms with Gasteiger partial charge in [0.15, 0.2) is 0 Å². The third kappa shape index (κ3) is 4.34. The lowest BCUT2D eigenvalue weighted by molar-refractivity contribution is 0.819. The van der Waals surface area contributed by atoms with Crippen molar-refractivity contribution in [2.75, 3.05) is 11.6 Å². The van der Waals surface area contributed by atoms with Gasteiger partial charge in [-0.2, -0.15) is 14.9 Å². The van der Waals surface area contributed by atoms with E-state index in [1.165, 1.54) is 22.3 Å². The van der Waals surface area contributed by atoms with Crippen LogP contribution in [0.3, 0.4) is 0 Å². The zero-order chi connectivity index (χ0) is 24.5. The molecule has 0 radical (unpaired) electrons. The number of hydrazone groups is 1. The molecule has 0 N–H and O–H groups in total. The number of benzene rings is 3. The average Bonchev–Trinajstić information content (AvgIpc) is 3.58. The summed E-state index contributed by atoms with van der Waals surface area (Å²) in [7, 11) is 0. The maximum Gasteiger partial charge on any atom is 0.283 e. The quantitative estimate of drug-likeness (QED) is 0.262. The van der Waals surface area contributed by atoms with Crippen LogP contribution in [0.1, 0.15) is 17.5 Å². The van der Waals surface area contributed by atoms with Gasteiger partial charge < -0.3 is 0 Å². The number of thiophene rings is 1. The number of hydrogen-bond donors (Lipinski definition) is 0. The van der Waals surface area contributed by atoms with Crippen molar-refractivity contribution in [3.05, 3.63) is 117 Å². The minimum Gasteiger partial charge on any atom is -0.267 e. The summed E-state index contributed by atoms with van der Waals surface area (Å²) in [6.07, 6.45) is 4.01. The van der Waals surface area contributed by atoms with Gasteiger partial charge in [-0.25, -0.2) is 4.98 Å². The maximum atomic E-state index is 13.2. The fourth-order valence-electron chi connectivity index (χ4n) is 4.19. The highest BCUT2D eigenvalue weighted by atomic mass is 35.5. The highest BCUT2D eigenvalue weighted by Gasteiger charge is 2.17. The van der Waals surface area contributed by atoms with Gasteiger partial charge in [-0.15, -0.1) is 11.3 Å². The molecule has 0 bridgehead atoms. The minimum atomic E-state index is -0.186. The Hall–Kier alpha value is -4.07. The predicted molar refractivity (Wildman–Crippen MR) is 149 cm³/mol. The first kappa shape index (κ1) is 22.4. The lowest BCUT2D eigenvalue weighted by Gasteiger charge is -2.13. The van der Waals surface area contributed by atoms with Crippen LogP contribution in [0.2, 0.25) is 5.02 Å². The van der Waals surface area contributed by atoms with Crippen LogP contribution < -0.4 is 10.6 Å². The number of anilines is 1. The Balaban J connectivity index is 1.23. The van der Waals surface area contributed by atoms with Crippen molar-refractivity contribution in [3.63, 3.8) is 0 Å². The van der Waals surface area contributed by atoms with Crippen molar-refractivity contribution in [1.82, 2.24) is 9.66 Å². The second-order valence-electron chi connectivity index (χ2n) is 8.35. The van der Waals surface area contributed by atoms with Crippen LogP contribution >= 0.6 is 22.9 Å². The largest absolute Gasteiger partial charge is 0.283 e. The van der Waals surface area contributed by atoms with Gasteiger partial charge in [0.05, 0.1) is 23.0 Å². The molecule has 0 amide bonds. The van der Waals surface area contributed by atoms with Crippen LogP contribution in [-0.4, -0.2) is 28.1 Å². The lowest BCUT2D eigenvalue weighted by Crippen LogP contribution is -2.16. The molecule has 0 fully saturated rings. The van der Waals surface area contributed by atoms with E-state index in [1.54, 1.807) is 6.21 Å². The molecule has 6 nitrogen and oxygen atoms in total. The molecule has 3 aromatic carbocycles. The summed E-state index contributed by atoms with van der Waals surface area (Å²) in [4.78, 5) is 18.3. The molecule has 36 heavy (non-hydrogen) atoms. The number of hydrogen-bond acceptors (Lipinski definition) is 6. The molecule has 2 aromatic heterocycles. The highest BCUT2D eigenvalue weighted by molar-refractivity contribution is 7.17. The average molecular weight is 510 g/mol. The number of nitrogens with zero attached hydrogens (tertiary/aromatic N) is 5. The molecule has 1 aliphatic rings. The van der Waals surface area contributed by atoms with Gasteiger partial charge in [0, 0.05) is 28.9 Å². The molecule has 5 aromatic rings. The molecule has 0 saturated heterocycles. The van der Waals surface area contributed by atoms with E-state index in [-0.39, 0.29) is 5.56 Å². The van der Waals surface area contributed by atoms with Gasteiger partial charge in [-0.3, -0.25) is 9.80 Å². The predicted octanol–water partition coefficient (Wildman–Crippen LogP) is 6.28. The summed E-state index contributed by atoms with van der Waals surface area (Å²) < 4.78 is 1.29. The van der Waals surface area contributed by atoms with Gasteiger partial charge in [0.25, 0.3) is 5.56 Å². The Morgan fingerprint density at radius 1 is 0.944 bits per heavy atom. The van der Waals surface area contributed by atoms with E-state index in [9.17, 15) is 4.79 Å². The third-order valence-corrected chi connectivity index (χ3v) is 7.20. The maximum absolute atomic E-state index is 13.2. The van der Waals surface area contributed by atoms with Crippen molar-refractivity contribution in [2.45, 2.75) is 6.42 Å². The summed E-state index contributed by atoms with van der Waals surface area (Å²) in [6.45, 7) is 0.816. The van der Waals surface area contributed by atoms with Crippen molar-refractivity contribution in [2.24, 2.45) is 10.2 Å². The summed E-state index contributed by atoms with van der Waals surface area (Å²) in [5.74, 6) is 0. The van der Waals surface area contributed by atoms with Gasteiger partial charge in [0.1, 0.15) is 11.2 Å². The van der Waals surface area contributed by atoms with Crippen LogP contribution in [0.4, 0.5) is 5.69 Å². The number of fused-ring (bicyclic) bond motifs is 1. The highest BCUT2D eigenvalue weighted by Crippen LogP contribution is 2.30. The van der Waals surface area contributed by atoms with Gasteiger partial charge in [0.2, 0.25) is 0 Å². The van der Waals surface area contributed by atoms with Crippen molar-refractivity contribution >= 4 is 50.8 Å². The number of rotatable bonds is 5. The molecule has 1 aliphatic heterocycles. The van der Waals surface area contributed by atoms with Gasteiger partial charge in [-0.1, -0.05) is 66.2 Å². The topological polar surface area (TPSA) is 62.9 Å². The monoisotopic (exact) mass is 509 g/mol. The summed E-state index contributed by atoms with van der Waals surface area (Å²) >= 11 is 7.46. The second-order valence-corrected chi connectivity index (χ2v) is 9.65. The minimum absolute atomic E-state index is 0.186. The first-order chi connectivity index (χ1) is 17.7. The lowest BCUT2D eigenvalue weighted by atomic mass is 10.1. The van der Waals surface area contributed by atoms with Crippen LogP contribution in [0.15, 0.2) is 106 Å². The van der Waals surface area contributed by atoms with E-state index in [2.05, 4.69) is 10.1 Å². The number of aromatic nitrogens is 2. The molecular formula is C28H20ClN5OS. The fraction of sp³-hybridized carbons (Fsp3) is 0.0714. The van der Waals surface area contributed by atoms with Crippen LogP contribution in [0.25, 0.3) is 21.3 Å². The third-order valence-electron chi connectivity index (χ3n) is 6.06. The summed E-state index contributed by atoms with van der Waals surface area (Å²) in [5.41, 5.74) is 5.69. The van der Waals surface area contributed by atoms with E-state index in [0.29, 0.717) is 10.2 Å². The zero-order valence-corrected chi connectivity index (χ0v) is 20.7. The Kier molecular flexibility index (Phi) is 5.93.